The second kappa shape index (κ2) is 7.52. The Balaban J connectivity index is 1.28. The van der Waals surface area contributed by atoms with Gasteiger partial charge < -0.3 is 24.4 Å². The van der Waals surface area contributed by atoms with E-state index >= 15 is 0 Å². The van der Waals surface area contributed by atoms with Gasteiger partial charge in [0.2, 0.25) is 0 Å². The number of aromatic nitrogens is 2. The zero-order valence-electron chi connectivity index (χ0n) is 17.3. The number of pyridine rings is 2. The van der Waals surface area contributed by atoms with Gasteiger partial charge in [-0.3, -0.25) is 9.78 Å². The quantitative estimate of drug-likeness (QED) is 0.825. The van der Waals surface area contributed by atoms with Crippen LogP contribution in [0, 0.1) is 6.92 Å². The van der Waals surface area contributed by atoms with Gasteiger partial charge in [-0.25, -0.2) is 4.98 Å². The fraction of sp³-hybridized carbons (Fsp3) is 0.500. The third kappa shape index (κ3) is 3.20. The summed E-state index contributed by atoms with van der Waals surface area (Å²) < 4.78 is 11.6. The number of hydrogen-bond donors (Lipinski definition) is 1. The Hall–Kier alpha value is -2.71. The van der Waals surface area contributed by atoms with E-state index in [2.05, 4.69) is 9.88 Å². The molecule has 1 fully saturated rings. The van der Waals surface area contributed by atoms with Crippen LogP contribution in [0.3, 0.4) is 0 Å². The maximum atomic E-state index is 12.4. The standard InChI is InChI=1S/C22H26N4O4/c1-13-7-17-20(19(10-27)25(2)22(17)28)24-21(13)26-5-3-15(4-6-26)30-16-8-14-11-29-12-18(14)23-9-16/h7-9,15,19,27H,3-6,10-12H2,1-2H3. The van der Waals surface area contributed by atoms with Crippen LogP contribution >= 0.6 is 0 Å². The smallest absolute Gasteiger partial charge is 0.256 e. The summed E-state index contributed by atoms with van der Waals surface area (Å²) in [5.41, 5.74) is 4.37. The first kappa shape index (κ1) is 19.3. The summed E-state index contributed by atoms with van der Waals surface area (Å²) in [6.07, 6.45) is 3.69. The molecule has 0 spiro atoms. The molecule has 8 nitrogen and oxygen atoms in total. The minimum absolute atomic E-state index is 0.0772. The minimum Gasteiger partial charge on any atom is -0.489 e. The summed E-state index contributed by atoms with van der Waals surface area (Å²) in [7, 11) is 1.71. The Kier molecular flexibility index (Phi) is 4.83. The van der Waals surface area contributed by atoms with Crippen molar-refractivity contribution in [1.29, 1.82) is 0 Å². The average molecular weight is 410 g/mol. The van der Waals surface area contributed by atoms with Crippen molar-refractivity contribution in [2.75, 3.05) is 31.6 Å². The Morgan fingerprint density at radius 2 is 2.07 bits per heavy atom. The van der Waals surface area contributed by atoms with Crippen molar-refractivity contribution in [3.63, 3.8) is 0 Å². The van der Waals surface area contributed by atoms with E-state index in [-0.39, 0.29) is 24.7 Å². The molecule has 30 heavy (non-hydrogen) atoms. The van der Waals surface area contributed by atoms with Crippen molar-refractivity contribution in [3.8, 4) is 5.75 Å². The molecule has 3 aliphatic rings. The Morgan fingerprint density at radius 3 is 2.83 bits per heavy atom. The minimum atomic E-state index is -0.371. The van der Waals surface area contributed by atoms with Crippen molar-refractivity contribution >= 4 is 11.7 Å². The van der Waals surface area contributed by atoms with Gasteiger partial charge in [0.15, 0.2) is 0 Å². The molecule has 2 aromatic rings. The number of nitrogens with zero attached hydrogens (tertiary/aromatic N) is 4. The van der Waals surface area contributed by atoms with E-state index in [1.165, 1.54) is 0 Å². The van der Waals surface area contributed by atoms with Crippen molar-refractivity contribution in [1.82, 2.24) is 14.9 Å². The third-order valence-electron chi connectivity index (χ3n) is 6.30. The Morgan fingerprint density at radius 1 is 1.27 bits per heavy atom. The van der Waals surface area contributed by atoms with Crippen LogP contribution in [0.1, 0.15) is 51.8 Å². The highest BCUT2D eigenvalue weighted by molar-refractivity contribution is 5.99. The van der Waals surface area contributed by atoms with E-state index in [0.717, 1.165) is 54.3 Å². The number of carbonyl (C=O) groups excluding carboxylic acids is 1. The second-order valence-corrected chi connectivity index (χ2v) is 8.25. The van der Waals surface area contributed by atoms with Crippen LogP contribution in [0.25, 0.3) is 0 Å². The number of aryl methyl sites for hydroxylation is 1. The molecule has 8 heteroatoms. The molecule has 0 bridgehead atoms. The fourth-order valence-corrected chi connectivity index (χ4v) is 4.56. The lowest BCUT2D eigenvalue weighted by atomic mass is 10.1. The molecule has 1 unspecified atom stereocenters. The number of fused-ring (bicyclic) bond motifs is 2. The van der Waals surface area contributed by atoms with Gasteiger partial charge in [-0.2, -0.15) is 0 Å². The molecule has 2 aromatic heterocycles. The van der Waals surface area contributed by atoms with Crippen LogP contribution in [-0.2, 0) is 18.0 Å². The van der Waals surface area contributed by atoms with Crippen molar-refractivity contribution in [2.24, 2.45) is 0 Å². The van der Waals surface area contributed by atoms with E-state index in [1.54, 1.807) is 18.1 Å². The number of anilines is 1. The second-order valence-electron chi connectivity index (χ2n) is 8.25. The van der Waals surface area contributed by atoms with E-state index in [1.807, 2.05) is 19.1 Å². The largest absolute Gasteiger partial charge is 0.489 e. The normalized spacial score (nSPS) is 21.2. The fourth-order valence-electron chi connectivity index (χ4n) is 4.56. The molecule has 0 radical (unpaired) electrons. The summed E-state index contributed by atoms with van der Waals surface area (Å²) in [4.78, 5) is 25.5. The summed E-state index contributed by atoms with van der Waals surface area (Å²) >= 11 is 0. The first-order valence-electron chi connectivity index (χ1n) is 10.4. The zero-order chi connectivity index (χ0) is 20.8. The van der Waals surface area contributed by atoms with Crippen molar-refractivity contribution < 1.29 is 19.4 Å². The van der Waals surface area contributed by atoms with E-state index < -0.39 is 0 Å². The summed E-state index contributed by atoms with van der Waals surface area (Å²) in [5, 5.41) is 9.73. The molecule has 1 N–H and O–H groups in total. The number of piperidine rings is 1. The van der Waals surface area contributed by atoms with Gasteiger partial charge in [0.1, 0.15) is 17.7 Å². The first-order valence-corrected chi connectivity index (χ1v) is 10.4. The predicted molar refractivity (Wildman–Crippen MR) is 109 cm³/mol. The SMILES string of the molecule is Cc1cc2c(nc1N1CCC(Oc3cnc4c(c3)COC4)CC1)C(CO)N(C)C2=O. The molecular formula is C22H26N4O4. The number of ether oxygens (including phenoxy) is 2. The molecular weight excluding hydrogens is 384 g/mol. The van der Waals surface area contributed by atoms with Crippen LogP contribution in [0.2, 0.25) is 0 Å². The molecule has 5 rings (SSSR count). The zero-order valence-corrected chi connectivity index (χ0v) is 17.3. The molecule has 158 valence electrons. The number of carbonyl (C=O) groups is 1. The third-order valence-corrected chi connectivity index (χ3v) is 6.30. The van der Waals surface area contributed by atoms with Crippen LogP contribution < -0.4 is 9.64 Å². The number of aliphatic hydroxyl groups is 1. The Bertz CT molecular complexity index is 987. The van der Waals surface area contributed by atoms with E-state index in [0.29, 0.717) is 24.5 Å². The summed E-state index contributed by atoms with van der Waals surface area (Å²) in [5.74, 6) is 1.62. The highest BCUT2D eigenvalue weighted by atomic mass is 16.5. The van der Waals surface area contributed by atoms with Gasteiger partial charge >= 0.3 is 0 Å². The van der Waals surface area contributed by atoms with Gasteiger partial charge in [0.05, 0.1) is 49.0 Å². The van der Waals surface area contributed by atoms with Crippen LogP contribution in [0.5, 0.6) is 5.75 Å². The molecule has 0 aliphatic carbocycles. The monoisotopic (exact) mass is 410 g/mol. The number of likely N-dealkylation sites (N-methyl/N-ethyl adjacent to an activating group) is 1. The predicted octanol–water partition coefficient (Wildman–Crippen LogP) is 1.98. The van der Waals surface area contributed by atoms with Crippen LogP contribution in [0.15, 0.2) is 18.3 Å². The van der Waals surface area contributed by atoms with E-state index in [4.69, 9.17) is 14.5 Å². The van der Waals surface area contributed by atoms with Gasteiger partial charge in [-0.1, -0.05) is 0 Å². The maximum absolute atomic E-state index is 12.4. The number of aliphatic hydroxyl groups excluding tert-OH is 1. The van der Waals surface area contributed by atoms with E-state index in [9.17, 15) is 9.90 Å². The molecule has 0 aromatic carbocycles. The van der Waals surface area contributed by atoms with Crippen LogP contribution in [-0.4, -0.2) is 58.7 Å². The number of hydrogen-bond acceptors (Lipinski definition) is 7. The molecule has 3 aliphatic heterocycles. The van der Waals surface area contributed by atoms with Gasteiger partial charge in [0.25, 0.3) is 5.91 Å². The molecule has 1 atom stereocenters. The topological polar surface area (TPSA) is 88.0 Å². The first-order chi connectivity index (χ1) is 14.5. The highest BCUT2D eigenvalue weighted by Gasteiger charge is 2.36. The lowest BCUT2D eigenvalue weighted by Crippen LogP contribution is -2.39. The number of rotatable bonds is 4. The van der Waals surface area contributed by atoms with Gasteiger partial charge in [-0.15, -0.1) is 0 Å². The van der Waals surface area contributed by atoms with Gasteiger partial charge in [-0.05, 0) is 24.6 Å². The van der Waals surface area contributed by atoms with Gasteiger partial charge in [0, 0.05) is 38.5 Å². The Labute approximate surface area is 175 Å². The lowest BCUT2D eigenvalue weighted by molar-refractivity contribution is 0.0715. The molecule has 5 heterocycles. The molecule has 0 saturated carbocycles. The van der Waals surface area contributed by atoms with Crippen molar-refractivity contribution in [3.05, 3.63) is 46.4 Å². The highest BCUT2D eigenvalue weighted by Crippen LogP contribution is 2.35. The number of amides is 1. The average Bonchev–Trinajstić information content (AvgIpc) is 3.31. The summed E-state index contributed by atoms with van der Waals surface area (Å²) in [6, 6.07) is 3.58. The molecule has 1 amide bonds. The summed E-state index contributed by atoms with van der Waals surface area (Å²) in [6.45, 7) is 4.70. The lowest BCUT2D eigenvalue weighted by Gasteiger charge is -2.34. The van der Waals surface area contributed by atoms with Crippen LogP contribution in [0.4, 0.5) is 5.82 Å². The molecule has 1 saturated heterocycles. The maximum Gasteiger partial charge on any atom is 0.256 e. The van der Waals surface area contributed by atoms with Crippen molar-refractivity contribution in [2.45, 2.75) is 45.1 Å².